The van der Waals surface area contributed by atoms with Crippen LogP contribution in [0.5, 0.6) is 0 Å². The van der Waals surface area contributed by atoms with Crippen molar-refractivity contribution in [3.8, 4) is 0 Å². The second-order valence-corrected chi connectivity index (χ2v) is 10.1. The first kappa shape index (κ1) is 25.0. The van der Waals surface area contributed by atoms with Crippen LogP contribution in [0, 0.1) is 24.0 Å². The molecule has 186 valence electrons. The van der Waals surface area contributed by atoms with Crippen molar-refractivity contribution in [3.63, 3.8) is 0 Å². The van der Waals surface area contributed by atoms with Gasteiger partial charge in [0.15, 0.2) is 5.76 Å². The fraction of sp³-hybridized carbons (Fsp3) is 0.143. The highest BCUT2D eigenvalue weighted by Gasteiger charge is 2.20. The Morgan fingerprint density at radius 2 is 1.81 bits per heavy atom. The summed E-state index contributed by atoms with van der Waals surface area (Å²) in [7, 11) is -3.94. The largest absolute Gasteiger partial charge is 0.454 e. The van der Waals surface area contributed by atoms with Crippen molar-refractivity contribution in [1.82, 2.24) is 19.7 Å². The third kappa shape index (κ3) is 5.75. The van der Waals surface area contributed by atoms with Gasteiger partial charge in [-0.05, 0) is 77.2 Å². The highest BCUT2D eigenvalue weighted by Crippen LogP contribution is 2.23. The molecule has 0 saturated heterocycles. The van der Waals surface area contributed by atoms with Crippen LogP contribution in [0.15, 0.2) is 62.4 Å². The Morgan fingerprint density at radius 1 is 1.14 bits per heavy atom. The topological polar surface area (TPSA) is 175 Å². The molecule has 2 N–H and O–H groups in total. The van der Waals surface area contributed by atoms with E-state index in [-0.39, 0.29) is 33.4 Å². The molecule has 0 saturated carbocycles. The first-order valence-electron chi connectivity index (χ1n) is 10.2. The maximum absolute atomic E-state index is 12.7. The standard InChI is InChI=1S/C21H18BrN7O6S/c1-12-9-13(2)24-21(23-12)27-36(33,34)16-6-3-14(4-7-16)25-20(30)18-8-5-15(35-18)10-28-11-17(22)19(26-28)29(31)32/h3-9,11H,10H2,1-2H3,(H,25,30)(H,23,24,27). The molecule has 13 nitrogen and oxygen atoms in total. The molecule has 3 heterocycles. The molecule has 0 unspecified atom stereocenters. The number of hydrogen-bond donors (Lipinski definition) is 2. The van der Waals surface area contributed by atoms with Crippen LogP contribution in [-0.4, -0.2) is 39.0 Å². The zero-order chi connectivity index (χ0) is 26.0. The summed E-state index contributed by atoms with van der Waals surface area (Å²) in [5.41, 5.74) is 1.59. The van der Waals surface area contributed by atoms with E-state index in [4.69, 9.17) is 4.42 Å². The smallest absolute Gasteiger partial charge is 0.404 e. The lowest BCUT2D eigenvalue weighted by Crippen LogP contribution is -2.16. The number of halogens is 1. The van der Waals surface area contributed by atoms with Gasteiger partial charge < -0.3 is 19.8 Å². The average molecular weight is 576 g/mol. The molecule has 15 heteroatoms. The molecule has 4 rings (SSSR count). The molecule has 0 bridgehead atoms. The highest BCUT2D eigenvalue weighted by molar-refractivity contribution is 9.10. The van der Waals surface area contributed by atoms with Crippen LogP contribution in [0.2, 0.25) is 0 Å². The van der Waals surface area contributed by atoms with Gasteiger partial charge in [-0.25, -0.2) is 23.1 Å². The number of furan rings is 1. The molecular weight excluding hydrogens is 558 g/mol. The maximum Gasteiger partial charge on any atom is 0.404 e. The number of aromatic nitrogens is 4. The summed E-state index contributed by atoms with van der Waals surface area (Å²) in [6, 6.07) is 10.2. The number of hydrogen-bond acceptors (Lipinski definition) is 9. The van der Waals surface area contributed by atoms with Gasteiger partial charge in [0.25, 0.3) is 15.9 Å². The van der Waals surface area contributed by atoms with E-state index in [1.165, 1.54) is 41.2 Å². The number of amides is 1. The summed E-state index contributed by atoms with van der Waals surface area (Å²) in [4.78, 5) is 30.9. The fourth-order valence-corrected chi connectivity index (χ4v) is 4.60. The van der Waals surface area contributed by atoms with Crippen LogP contribution < -0.4 is 10.0 Å². The normalized spacial score (nSPS) is 11.3. The Bertz CT molecular complexity index is 1540. The molecule has 4 aromatic rings. The molecule has 36 heavy (non-hydrogen) atoms. The number of carbonyl (C=O) groups excluding carboxylic acids is 1. The van der Waals surface area contributed by atoms with Gasteiger partial charge in [0, 0.05) is 17.1 Å². The van der Waals surface area contributed by atoms with Crippen molar-refractivity contribution < 1.29 is 22.6 Å². The first-order valence-corrected chi connectivity index (χ1v) is 12.5. The number of sulfonamides is 1. The van der Waals surface area contributed by atoms with Crippen molar-refractivity contribution in [2.45, 2.75) is 25.3 Å². The molecule has 0 aliphatic heterocycles. The summed E-state index contributed by atoms with van der Waals surface area (Å²) in [5.74, 6) is -0.578. The monoisotopic (exact) mass is 575 g/mol. The Kier molecular flexibility index (Phi) is 6.85. The SMILES string of the molecule is Cc1cc(C)nc(NS(=O)(=O)c2ccc(NC(=O)c3ccc(Cn4cc(Br)c([N+](=O)[O-])n4)o3)cc2)n1. The van der Waals surface area contributed by atoms with E-state index in [0.29, 0.717) is 22.8 Å². The average Bonchev–Trinajstić information content (AvgIpc) is 3.40. The van der Waals surface area contributed by atoms with Crippen molar-refractivity contribution >= 4 is 49.3 Å². The summed E-state index contributed by atoms with van der Waals surface area (Å²) in [6.45, 7) is 3.53. The minimum absolute atomic E-state index is 0.00366. The van der Waals surface area contributed by atoms with E-state index in [1.807, 2.05) is 0 Å². The third-order valence-corrected chi connectivity index (χ3v) is 6.61. The third-order valence-electron chi connectivity index (χ3n) is 4.71. The lowest BCUT2D eigenvalue weighted by Gasteiger charge is -2.09. The first-order chi connectivity index (χ1) is 17.0. The van der Waals surface area contributed by atoms with Crippen molar-refractivity contribution in [1.29, 1.82) is 0 Å². The number of nitrogens with one attached hydrogen (secondary N) is 2. The lowest BCUT2D eigenvalue weighted by atomic mass is 10.3. The van der Waals surface area contributed by atoms with Crippen LogP contribution in [0.25, 0.3) is 0 Å². The summed E-state index contributed by atoms with van der Waals surface area (Å²) in [5, 5.41) is 17.4. The van der Waals surface area contributed by atoms with Gasteiger partial charge in [0.1, 0.15) is 16.8 Å². The molecule has 0 radical (unpaired) electrons. The molecule has 0 spiro atoms. The van der Waals surface area contributed by atoms with Gasteiger partial charge in [-0.2, -0.15) is 4.68 Å². The van der Waals surface area contributed by atoms with E-state index < -0.39 is 20.9 Å². The maximum atomic E-state index is 12.7. The zero-order valence-electron chi connectivity index (χ0n) is 18.8. The van der Waals surface area contributed by atoms with Crippen LogP contribution in [-0.2, 0) is 16.6 Å². The second-order valence-electron chi connectivity index (χ2n) is 7.58. The second kappa shape index (κ2) is 9.87. The van der Waals surface area contributed by atoms with E-state index in [1.54, 1.807) is 26.0 Å². The van der Waals surface area contributed by atoms with Gasteiger partial charge >= 0.3 is 5.82 Å². The molecule has 0 aliphatic rings. The minimum atomic E-state index is -3.94. The number of anilines is 2. The van der Waals surface area contributed by atoms with E-state index in [0.717, 1.165) is 0 Å². The zero-order valence-corrected chi connectivity index (χ0v) is 21.2. The Morgan fingerprint density at radius 3 is 2.42 bits per heavy atom. The van der Waals surface area contributed by atoms with Gasteiger partial charge in [0.2, 0.25) is 5.95 Å². The molecule has 1 aromatic carbocycles. The van der Waals surface area contributed by atoms with Crippen molar-refractivity contribution in [3.05, 3.63) is 86.2 Å². The lowest BCUT2D eigenvalue weighted by molar-refractivity contribution is -0.390. The number of rotatable bonds is 8. The van der Waals surface area contributed by atoms with Gasteiger partial charge in [-0.15, -0.1) is 0 Å². The number of benzene rings is 1. The van der Waals surface area contributed by atoms with Crippen LogP contribution in [0.4, 0.5) is 17.5 Å². The van der Waals surface area contributed by atoms with Gasteiger partial charge in [-0.1, -0.05) is 0 Å². The summed E-state index contributed by atoms with van der Waals surface area (Å²) in [6.07, 6.45) is 1.43. The fourth-order valence-electron chi connectivity index (χ4n) is 3.20. The van der Waals surface area contributed by atoms with Gasteiger partial charge in [-0.3, -0.25) is 4.79 Å². The molecule has 0 aliphatic carbocycles. The minimum Gasteiger partial charge on any atom is -0.454 e. The Balaban J connectivity index is 1.41. The molecule has 3 aromatic heterocycles. The Labute approximate surface area is 212 Å². The van der Waals surface area contributed by atoms with E-state index in [2.05, 4.69) is 41.0 Å². The van der Waals surface area contributed by atoms with E-state index >= 15 is 0 Å². The quantitative estimate of drug-likeness (QED) is 0.234. The van der Waals surface area contributed by atoms with Crippen molar-refractivity contribution in [2.75, 3.05) is 10.0 Å². The number of carbonyl (C=O) groups is 1. The number of nitro groups is 1. The molecule has 1 amide bonds. The van der Waals surface area contributed by atoms with Crippen LogP contribution in [0.1, 0.15) is 27.7 Å². The summed E-state index contributed by atoms with van der Waals surface area (Å²) < 4.78 is 34.7. The predicted octanol–water partition coefficient (Wildman–Crippen LogP) is 3.66. The molecular formula is C21H18BrN7O6S. The molecule has 0 atom stereocenters. The summed E-state index contributed by atoms with van der Waals surface area (Å²) >= 11 is 3.07. The number of nitrogens with zero attached hydrogens (tertiary/aromatic N) is 5. The van der Waals surface area contributed by atoms with Gasteiger partial charge in [0.05, 0.1) is 16.2 Å². The van der Waals surface area contributed by atoms with Crippen LogP contribution >= 0.6 is 15.9 Å². The molecule has 0 fully saturated rings. The van der Waals surface area contributed by atoms with Crippen molar-refractivity contribution in [2.24, 2.45) is 0 Å². The highest BCUT2D eigenvalue weighted by atomic mass is 79.9. The van der Waals surface area contributed by atoms with Crippen LogP contribution in [0.3, 0.4) is 0 Å². The number of aryl methyl sites for hydroxylation is 2. The van der Waals surface area contributed by atoms with E-state index in [9.17, 15) is 23.3 Å². The predicted molar refractivity (Wildman–Crippen MR) is 131 cm³/mol. The Hall–Kier alpha value is -4.11.